The first-order valence-electron chi connectivity index (χ1n) is 9.32. The highest BCUT2D eigenvalue weighted by Crippen LogP contribution is 2.25. The Balaban J connectivity index is 0.00000364. The third kappa shape index (κ3) is 8.06. The summed E-state index contributed by atoms with van der Waals surface area (Å²) >= 11 is 0. The van der Waals surface area contributed by atoms with Gasteiger partial charge in [-0.2, -0.15) is 0 Å². The lowest BCUT2D eigenvalue weighted by atomic mass is 10.1. The van der Waals surface area contributed by atoms with E-state index in [9.17, 15) is 0 Å². The molecule has 0 aliphatic rings. The van der Waals surface area contributed by atoms with E-state index in [1.54, 1.807) is 7.11 Å². The number of hydrogen-bond acceptors (Lipinski definition) is 4. The fraction of sp³-hybridized carbons (Fsp3) is 0.550. The van der Waals surface area contributed by atoms with Gasteiger partial charge in [-0.25, -0.2) is 4.99 Å². The van der Waals surface area contributed by atoms with Gasteiger partial charge >= 0.3 is 0 Å². The smallest absolute Gasteiger partial charge is 0.191 e. The largest absolute Gasteiger partial charge is 0.459 e. The molecule has 1 aromatic heterocycles. The predicted molar refractivity (Wildman–Crippen MR) is 121 cm³/mol. The third-order valence-corrected chi connectivity index (χ3v) is 4.11. The van der Waals surface area contributed by atoms with E-state index in [-0.39, 0.29) is 24.0 Å². The number of para-hydroxylation sites is 1. The maximum Gasteiger partial charge on any atom is 0.191 e. The second kappa shape index (κ2) is 13.8. The van der Waals surface area contributed by atoms with Crippen LogP contribution in [0.5, 0.6) is 0 Å². The highest BCUT2D eigenvalue weighted by Gasteiger charge is 2.09. The summed E-state index contributed by atoms with van der Waals surface area (Å²) in [5.74, 6) is 1.72. The van der Waals surface area contributed by atoms with E-state index in [2.05, 4.69) is 35.5 Å². The van der Waals surface area contributed by atoms with Gasteiger partial charge in [0, 0.05) is 37.8 Å². The summed E-state index contributed by atoms with van der Waals surface area (Å²) in [7, 11) is 1.68. The first-order valence-corrected chi connectivity index (χ1v) is 9.32. The standard InChI is InChI=1S/C20H31N3O3.HI/c1-4-21-20(22-11-7-8-12-25-14-13-24-3)23-15-19-16(2)17-9-5-6-10-18(17)26-19;/h5-6,9-10H,4,7-8,11-15H2,1-3H3,(H2,21,22,23);1H. The molecular weight excluding hydrogens is 457 g/mol. The number of aliphatic imine (C=N–C) groups is 1. The quantitative estimate of drug-likeness (QED) is 0.217. The predicted octanol–water partition coefficient (Wildman–Crippen LogP) is 3.86. The van der Waals surface area contributed by atoms with Crippen LogP contribution >= 0.6 is 24.0 Å². The number of guanidine groups is 1. The summed E-state index contributed by atoms with van der Waals surface area (Å²) in [4.78, 5) is 4.65. The number of nitrogens with one attached hydrogen (secondary N) is 2. The van der Waals surface area contributed by atoms with Crippen LogP contribution in [0.2, 0.25) is 0 Å². The molecule has 0 saturated carbocycles. The van der Waals surface area contributed by atoms with E-state index in [0.29, 0.717) is 19.8 Å². The summed E-state index contributed by atoms with van der Waals surface area (Å²) in [6.45, 7) is 8.42. The van der Waals surface area contributed by atoms with Crippen molar-refractivity contribution in [1.29, 1.82) is 0 Å². The normalized spacial score (nSPS) is 11.4. The minimum absolute atomic E-state index is 0. The Morgan fingerprint density at radius 1 is 1.11 bits per heavy atom. The average molecular weight is 489 g/mol. The zero-order valence-corrected chi connectivity index (χ0v) is 18.9. The topological polar surface area (TPSA) is 68.0 Å². The summed E-state index contributed by atoms with van der Waals surface area (Å²) < 4.78 is 16.3. The molecule has 0 fully saturated rings. The van der Waals surface area contributed by atoms with Crippen LogP contribution in [0.15, 0.2) is 33.7 Å². The summed E-state index contributed by atoms with van der Waals surface area (Å²) in [6.07, 6.45) is 2.04. The van der Waals surface area contributed by atoms with Crippen LogP contribution in [0.25, 0.3) is 11.0 Å². The van der Waals surface area contributed by atoms with Crippen molar-refractivity contribution in [3.63, 3.8) is 0 Å². The molecule has 0 aliphatic carbocycles. The third-order valence-electron chi connectivity index (χ3n) is 4.11. The molecule has 152 valence electrons. The molecule has 0 bridgehead atoms. The number of unbranched alkanes of at least 4 members (excludes halogenated alkanes) is 1. The molecule has 0 radical (unpaired) electrons. The summed E-state index contributed by atoms with van der Waals surface area (Å²) in [5, 5.41) is 7.79. The van der Waals surface area contributed by atoms with Crippen molar-refractivity contribution in [3.05, 3.63) is 35.6 Å². The Hall–Kier alpha value is -1.32. The van der Waals surface area contributed by atoms with Crippen molar-refractivity contribution < 1.29 is 13.9 Å². The number of furan rings is 1. The maximum absolute atomic E-state index is 5.93. The first kappa shape index (κ1) is 23.7. The van der Waals surface area contributed by atoms with Crippen LogP contribution in [0.3, 0.4) is 0 Å². The van der Waals surface area contributed by atoms with Crippen molar-refractivity contribution in [2.75, 3.05) is 40.0 Å². The van der Waals surface area contributed by atoms with Gasteiger partial charge in [-0.1, -0.05) is 18.2 Å². The number of methoxy groups -OCH3 is 1. The number of rotatable bonds is 11. The highest BCUT2D eigenvalue weighted by molar-refractivity contribution is 14.0. The number of halogens is 1. The van der Waals surface area contributed by atoms with Crippen molar-refractivity contribution >= 4 is 40.9 Å². The van der Waals surface area contributed by atoms with E-state index in [1.165, 1.54) is 0 Å². The van der Waals surface area contributed by atoms with Crippen molar-refractivity contribution in [3.8, 4) is 0 Å². The molecule has 2 aromatic rings. The van der Waals surface area contributed by atoms with Gasteiger partial charge < -0.3 is 24.5 Å². The fourth-order valence-corrected chi connectivity index (χ4v) is 2.65. The van der Waals surface area contributed by atoms with Crippen LogP contribution < -0.4 is 10.6 Å². The Labute approximate surface area is 179 Å². The maximum atomic E-state index is 5.93. The zero-order chi connectivity index (χ0) is 18.6. The fourth-order valence-electron chi connectivity index (χ4n) is 2.65. The molecule has 2 N–H and O–H groups in total. The molecule has 0 spiro atoms. The Morgan fingerprint density at radius 3 is 2.67 bits per heavy atom. The lowest BCUT2D eigenvalue weighted by molar-refractivity contribution is 0.0689. The SMILES string of the molecule is CCNC(=NCc1oc2ccccc2c1C)NCCCCOCCOC.I. The van der Waals surface area contributed by atoms with Crippen LogP contribution in [0.1, 0.15) is 31.1 Å². The minimum atomic E-state index is 0. The van der Waals surface area contributed by atoms with Gasteiger partial charge in [0.15, 0.2) is 5.96 Å². The minimum Gasteiger partial charge on any atom is -0.459 e. The molecule has 0 unspecified atom stereocenters. The molecule has 0 amide bonds. The van der Waals surface area contributed by atoms with Gasteiger partial charge in [-0.15, -0.1) is 24.0 Å². The van der Waals surface area contributed by atoms with Gasteiger partial charge in [0.1, 0.15) is 17.9 Å². The Morgan fingerprint density at radius 2 is 1.93 bits per heavy atom. The summed E-state index contributed by atoms with van der Waals surface area (Å²) in [6, 6.07) is 8.10. The number of fused-ring (bicyclic) bond motifs is 1. The first-order chi connectivity index (χ1) is 12.8. The number of benzene rings is 1. The van der Waals surface area contributed by atoms with Crippen molar-refractivity contribution in [2.24, 2.45) is 4.99 Å². The van der Waals surface area contributed by atoms with E-state index in [4.69, 9.17) is 13.9 Å². The van der Waals surface area contributed by atoms with Crippen LogP contribution in [-0.4, -0.2) is 46.0 Å². The van der Waals surface area contributed by atoms with Gasteiger partial charge in [0.05, 0.1) is 13.2 Å². The van der Waals surface area contributed by atoms with Crippen molar-refractivity contribution in [2.45, 2.75) is 33.2 Å². The van der Waals surface area contributed by atoms with E-state index >= 15 is 0 Å². The van der Waals surface area contributed by atoms with Crippen molar-refractivity contribution in [1.82, 2.24) is 10.6 Å². The van der Waals surface area contributed by atoms with Gasteiger partial charge in [-0.3, -0.25) is 0 Å². The van der Waals surface area contributed by atoms with E-state index in [1.807, 2.05) is 18.2 Å². The molecule has 1 heterocycles. The Bertz CT molecular complexity index is 688. The lowest BCUT2D eigenvalue weighted by Gasteiger charge is -2.11. The van der Waals surface area contributed by atoms with Crippen LogP contribution in [-0.2, 0) is 16.0 Å². The van der Waals surface area contributed by atoms with Crippen LogP contribution in [0, 0.1) is 6.92 Å². The molecule has 0 atom stereocenters. The molecule has 0 saturated heterocycles. The van der Waals surface area contributed by atoms with Gasteiger partial charge in [0.25, 0.3) is 0 Å². The van der Waals surface area contributed by atoms with E-state index in [0.717, 1.165) is 60.8 Å². The molecule has 2 rings (SSSR count). The second-order valence-corrected chi connectivity index (χ2v) is 6.08. The molecule has 0 aliphatic heterocycles. The molecule has 1 aromatic carbocycles. The second-order valence-electron chi connectivity index (χ2n) is 6.08. The van der Waals surface area contributed by atoms with Gasteiger partial charge in [-0.05, 0) is 32.8 Å². The van der Waals surface area contributed by atoms with Gasteiger partial charge in [0.2, 0.25) is 0 Å². The molecule has 27 heavy (non-hydrogen) atoms. The zero-order valence-electron chi connectivity index (χ0n) is 16.5. The number of aryl methyl sites for hydroxylation is 1. The van der Waals surface area contributed by atoms with E-state index < -0.39 is 0 Å². The Kier molecular flexibility index (Phi) is 12.1. The number of ether oxygens (including phenoxy) is 2. The monoisotopic (exact) mass is 489 g/mol. The van der Waals surface area contributed by atoms with Crippen LogP contribution in [0.4, 0.5) is 0 Å². The lowest BCUT2D eigenvalue weighted by Crippen LogP contribution is -2.37. The summed E-state index contributed by atoms with van der Waals surface area (Å²) in [5.41, 5.74) is 2.08. The molecular formula is C20H32IN3O3. The molecule has 7 heteroatoms. The highest BCUT2D eigenvalue weighted by atomic mass is 127. The number of hydrogen-bond donors (Lipinski definition) is 2. The average Bonchev–Trinajstić information content (AvgIpc) is 2.98. The number of nitrogens with zero attached hydrogens (tertiary/aromatic N) is 1. The molecule has 6 nitrogen and oxygen atoms in total.